The molecule has 11 heteroatoms. The van der Waals surface area contributed by atoms with Crippen LogP contribution in [0.4, 0.5) is 5.95 Å². The van der Waals surface area contributed by atoms with Gasteiger partial charge in [-0.25, -0.2) is 14.8 Å². The molecule has 0 saturated heterocycles. The first-order valence-electron chi connectivity index (χ1n) is 11.6. The number of esters is 1. The highest BCUT2D eigenvalue weighted by Crippen LogP contribution is 2.48. The number of methoxy groups -OCH3 is 1. The number of aromatic nitrogens is 5. The Morgan fingerprint density at radius 3 is 2.54 bits per heavy atom. The first kappa shape index (κ1) is 22.9. The van der Waals surface area contributed by atoms with Crippen molar-refractivity contribution in [2.24, 2.45) is 5.10 Å². The fourth-order valence-electron chi connectivity index (χ4n) is 4.85. The van der Waals surface area contributed by atoms with Gasteiger partial charge in [0.25, 0.3) is 0 Å². The average Bonchev–Trinajstić information content (AvgIpc) is 3.46. The number of rotatable bonds is 6. The number of nitrogens with zero attached hydrogens (tertiary/aromatic N) is 7. The van der Waals surface area contributed by atoms with Crippen LogP contribution in [0.25, 0.3) is 11.3 Å². The number of hydrogen-bond acceptors (Lipinski definition) is 11. The molecular weight excluding hydrogens is 448 g/mol. The van der Waals surface area contributed by atoms with Crippen LogP contribution in [-0.4, -0.2) is 61.0 Å². The molecule has 1 aliphatic heterocycles. The second-order valence-electron chi connectivity index (χ2n) is 9.58. The minimum atomic E-state index is -0.916. The molecular formula is C24H28N8O3. The summed E-state index contributed by atoms with van der Waals surface area (Å²) in [7, 11) is 1.37. The highest BCUT2D eigenvalue weighted by Gasteiger charge is 2.47. The van der Waals surface area contributed by atoms with E-state index in [9.17, 15) is 4.79 Å². The summed E-state index contributed by atoms with van der Waals surface area (Å²) in [6.07, 6.45) is 9.82. The smallest absolute Gasteiger partial charge is 0.332 e. The lowest BCUT2D eigenvalue weighted by Crippen LogP contribution is -2.51. The molecule has 1 saturated carbocycles. The summed E-state index contributed by atoms with van der Waals surface area (Å²) in [6.45, 7) is 5.55. The molecule has 35 heavy (non-hydrogen) atoms. The van der Waals surface area contributed by atoms with Crippen LogP contribution in [0.15, 0.2) is 40.3 Å². The summed E-state index contributed by atoms with van der Waals surface area (Å²) in [5.74, 6) is 0.765. The van der Waals surface area contributed by atoms with Gasteiger partial charge in [0.2, 0.25) is 11.8 Å². The molecule has 0 aromatic carbocycles. The highest BCUT2D eigenvalue weighted by atomic mass is 16.5. The largest absolute Gasteiger partial charge is 0.467 e. The molecule has 2 atom stereocenters. The number of carbonyl (C=O) groups is 1. The Morgan fingerprint density at radius 2 is 1.94 bits per heavy atom. The predicted molar refractivity (Wildman–Crippen MR) is 127 cm³/mol. The molecule has 5 rings (SSSR count). The lowest BCUT2D eigenvalue weighted by molar-refractivity contribution is -0.154. The molecule has 0 amide bonds. The van der Waals surface area contributed by atoms with Crippen molar-refractivity contribution in [3.8, 4) is 11.3 Å². The van der Waals surface area contributed by atoms with Crippen molar-refractivity contribution in [1.29, 1.82) is 0 Å². The normalized spacial score (nSPS) is 21.1. The van der Waals surface area contributed by atoms with E-state index < -0.39 is 5.54 Å². The first-order valence-corrected chi connectivity index (χ1v) is 11.6. The third-order valence-electron chi connectivity index (χ3n) is 7.16. The predicted octanol–water partition coefficient (Wildman–Crippen LogP) is 2.70. The van der Waals surface area contributed by atoms with E-state index in [1.165, 1.54) is 7.11 Å². The Hall–Kier alpha value is -3.89. The van der Waals surface area contributed by atoms with Crippen LogP contribution in [-0.2, 0) is 14.9 Å². The van der Waals surface area contributed by atoms with Gasteiger partial charge in [0.15, 0.2) is 5.82 Å². The van der Waals surface area contributed by atoms with Crippen molar-refractivity contribution < 1.29 is 14.1 Å². The quantitative estimate of drug-likeness (QED) is 0.527. The van der Waals surface area contributed by atoms with Gasteiger partial charge in [0.05, 0.1) is 30.2 Å². The monoisotopic (exact) mass is 476 g/mol. The van der Waals surface area contributed by atoms with Crippen molar-refractivity contribution in [2.45, 2.75) is 62.9 Å². The van der Waals surface area contributed by atoms with E-state index in [0.29, 0.717) is 11.7 Å². The maximum absolute atomic E-state index is 12.3. The zero-order valence-corrected chi connectivity index (χ0v) is 20.2. The summed E-state index contributed by atoms with van der Waals surface area (Å²) in [5, 5.41) is 10.6. The van der Waals surface area contributed by atoms with Gasteiger partial charge in [-0.15, -0.1) is 0 Å². The van der Waals surface area contributed by atoms with Gasteiger partial charge in [-0.1, -0.05) is 17.6 Å². The van der Waals surface area contributed by atoms with Crippen LogP contribution in [0, 0.1) is 0 Å². The minimum Gasteiger partial charge on any atom is -0.467 e. The second-order valence-corrected chi connectivity index (χ2v) is 9.58. The van der Waals surface area contributed by atoms with E-state index in [2.05, 4.69) is 25.2 Å². The number of ether oxygens (including phenoxy) is 1. The number of nitrogens with two attached hydrogens (primary N) is 1. The molecule has 0 bridgehead atoms. The number of hydrazone groups is 1. The van der Waals surface area contributed by atoms with Gasteiger partial charge >= 0.3 is 5.97 Å². The van der Waals surface area contributed by atoms with E-state index in [1.54, 1.807) is 37.5 Å². The zero-order chi connectivity index (χ0) is 24.8. The molecule has 3 aromatic rings. The Kier molecular flexibility index (Phi) is 5.49. The molecule has 0 radical (unpaired) electrons. The van der Waals surface area contributed by atoms with Crippen LogP contribution in [0.1, 0.15) is 63.2 Å². The number of anilines is 1. The molecule has 1 fully saturated rings. The molecule has 3 aromatic heterocycles. The van der Waals surface area contributed by atoms with Gasteiger partial charge < -0.3 is 15.0 Å². The van der Waals surface area contributed by atoms with Gasteiger partial charge in [-0.05, 0) is 45.2 Å². The van der Waals surface area contributed by atoms with E-state index in [-0.39, 0.29) is 29.3 Å². The van der Waals surface area contributed by atoms with E-state index >= 15 is 0 Å². The van der Waals surface area contributed by atoms with Crippen LogP contribution in [0.2, 0.25) is 0 Å². The van der Waals surface area contributed by atoms with Crippen molar-refractivity contribution in [3.05, 3.63) is 48.0 Å². The van der Waals surface area contributed by atoms with Crippen LogP contribution in [0.3, 0.4) is 0 Å². The third-order valence-corrected chi connectivity index (χ3v) is 7.16. The highest BCUT2D eigenvalue weighted by molar-refractivity contribution is 5.81. The van der Waals surface area contributed by atoms with Crippen LogP contribution < -0.4 is 5.73 Å². The molecule has 11 nitrogen and oxygen atoms in total. The van der Waals surface area contributed by atoms with Gasteiger partial charge in [0, 0.05) is 30.4 Å². The number of nitrogen functional groups attached to an aromatic ring is 1. The van der Waals surface area contributed by atoms with Crippen LogP contribution in [0.5, 0.6) is 0 Å². The Bertz CT molecular complexity index is 1250. The number of pyridine rings is 1. The maximum atomic E-state index is 12.3. The van der Waals surface area contributed by atoms with E-state index in [0.717, 1.165) is 36.1 Å². The summed E-state index contributed by atoms with van der Waals surface area (Å²) < 4.78 is 10.7. The van der Waals surface area contributed by atoms with E-state index in [1.807, 2.05) is 25.3 Å². The fourth-order valence-corrected chi connectivity index (χ4v) is 4.85. The van der Waals surface area contributed by atoms with Gasteiger partial charge in [0.1, 0.15) is 5.54 Å². The Labute approximate surface area is 202 Å². The summed E-state index contributed by atoms with van der Waals surface area (Å²) in [5.41, 5.74) is 6.93. The van der Waals surface area contributed by atoms with Crippen molar-refractivity contribution in [1.82, 2.24) is 30.1 Å². The van der Waals surface area contributed by atoms with Crippen molar-refractivity contribution in [3.63, 3.8) is 0 Å². The maximum Gasteiger partial charge on any atom is 0.332 e. The Morgan fingerprint density at radius 1 is 1.20 bits per heavy atom. The summed E-state index contributed by atoms with van der Waals surface area (Å²) in [4.78, 5) is 29.8. The lowest BCUT2D eigenvalue weighted by Gasteiger charge is -2.39. The minimum absolute atomic E-state index is 0.155. The molecule has 2 aliphatic rings. The van der Waals surface area contributed by atoms with Gasteiger partial charge in [-0.3, -0.25) is 9.99 Å². The number of carbonyl (C=O) groups excluding carboxylic acids is 1. The Balaban J connectivity index is 1.38. The van der Waals surface area contributed by atoms with Gasteiger partial charge in [-0.2, -0.15) is 10.1 Å². The molecule has 182 valence electrons. The third kappa shape index (κ3) is 3.71. The molecule has 2 N–H and O–H groups in total. The lowest BCUT2D eigenvalue weighted by atomic mass is 9.64. The molecule has 0 spiro atoms. The van der Waals surface area contributed by atoms with Crippen molar-refractivity contribution >= 4 is 18.1 Å². The molecule has 4 heterocycles. The fraction of sp³-hybridized carbons (Fsp3) is 0.458. The SMILES string of the molecule is COC(=O)C(C)(C)N1N=CC(c2nc(C3(c4ccc(-c5cnc(N)nc5)nc4)CCC3)no2)C1C. The first-order chi connectivity index (χ1) is 16.8. The van der Waals surface area contributed by atoms with E-state index in [4.69, 9.17) is 20.0 Å². The summed E-state index contributed by atoms with van der Waals surface area (Å²) in [6, 6.07) is 3.84. The topological polar surface area (TPSA) is 146 Å². The zero-order valence-electron chi connectivity index (χ0n) is 20.2. The second kappa shape index (κ2) is 8.40. The average molecular weight is 477 g/mol. The van der Waals surface area contributed by atoms with Crippen molar-refractivity contribution in [2.75, 3.05) is 12.8 Å². The molecule has 2 unspecified atom stereocenters. The number of hydrogen-bond donors (Lipinski definition) is 1. The molecule has 1 aliphatic carbocycles. The standard InChI is InChI=1S/C24H28N8O3/c1-14-17(13-29-32(14)23(2,3)21(33)34-4)19-30-20(31-35-19)24(8-5-9-24)16-6-7-18(26-12-16)15-10-27-22(25)28-11-15/h6-7,10-14,17H,5,8-9H2,1-4H3,(H2,25,27,28). The summed E-state index contributed by atoms with van der Waals surface area (Å²) >= 11 is 0. The van der Waals surface area contributed by atoms with Crippen LogP contribution >= 0.6 is 0 Å².